The van der Waals surface area contributed by atoms with E-state index in [1.807, 2.05) is 25.6 Å². The zero-order valence-corrected chi connectivity index (χ0v) is 14.2. The van der Waals surface area contributed by atoms with E-state index in [9.17, 15) is 4.79 Å². The number of hydrogen-bond donors (Lipinski definition) is 1. The van der Waals surface area contributed by atoms with Gasteiger partial charge < -0.3 is 5.32 Å². The van der Waals surface area contributed by atoms with Crippen LogP contribution in [0.2, 0.25) is 5.02 Å². The van der Waals surface area contributed by atoms with Crippen LogP contribution in [0.25, 0.3) is 0 Å². The van der Waals surface area contributed by atoms with Crippen LogP contribution in [0.15, 0.2) is 11.0 Å². The molecule has 0 saturated carbocycles. The Hall–Kier alpha value is -0.720. The summed E-state index contributed by atoms with van der Waals surface area (Å²) >= 11 is 8.15. The molecule has 7 heteroatoms. The van der Waals surface area contributed by atoms with Crippen LogP contribution in [-0.4, -0.2) is 52.4 Å². The van der Waals surface area contributed by atoms with Gasteiger partial charge >= 0.3 is 0 Å². The monoisotopic (exact) mass is 330 g/mol. The maximum absolute atomic E-state index is 12.1. The second kappa shape index (κ2) is 8.06. The maximum atomic E-state index is 12.1. The first-order valence-corrected chi connectivity index (χ1v) is 8.91. The van der Waals surface area contributed by atoms with Crippen molar-refractivity contribution in [3.05, 3.63) is 21.6 Å². The van der Waals surface area contributed by atoms with Gasteiger partial charge in [-0.3, -0.25) is 9.69 Å². The van der Waals surface area contributed by atoms with Crippen molar-refractivity contribution in [3.63, 3.8) is 0 Å². The molecule has 1 N–H and O–H groups in total. The highest BCUT2D eigenvalue weighted by Gasteiger charge is 2.12. The van der Waals surface area contributed by atoms with Crippen LogP contribution in [0.1, 0.15) is 13.8 Å². The minimum atomic E-state index is -0.218. The lowest BCUT2D eigenvalue weighted by atomic mass is 10.2. The Morgan fingerprint density at radius 3 is 2.81 bits per heavy atom. The summed E-state index contributed by atoms with van der Waals surface area (Å²) in [5, 5.41) is 7.65. The van der Waals surface area contributed by atoms with Crippen LogP contribution in [0, 0.1) is 5.92 Å². The van der Waals surface area contributed by atoms with Gasteiger partial charge in [-0.2, -0.15) is 16.9 Å². The number of anilines is 1. The van der Waals surface area contributed by atoms with Gasteiger partial charge in [0.05, 0.1) is 11.9 Å². The average Bonchev–Trinajstić information content (AvgIpc) is 2.47. The third kappa shape index (κ3) is 4.90. The molecule has 0 atom stereocenters. The van der Waals surface area contributed by atoms with Crippen molar-refractivity contribution in [1.82, 2.24) is 14.7 Å². The van der Waals surface area contributed by atoms with Crippen LogP contribution < -0.4 is 10.9 Å². The Morgan fingerprint density at radius 2 is 2.14 bits per heavy atom. The first-order chi connectivity index (χ1) is 10.1. The Labute approximate surface area is 135 Å². The predicted octanol–water partition coefficient (Wildman–Crippen LogP) is 2.01. The van der Waals surface area contributed by atoms with E-state index in [0.29, 0.717) is 18.2 Å². The van der Waals surface area contributed by atoms with Gasteiger partial charge in [-0.05, 0) is 5.92 Å². The van der Waals surface area contributed by atoms with Crippen molar-refractivity contribution in [2.24, 2.45) is 5.92 Å². The van der Waals surface area contributed by atoms with Gasteiger partial charge in [0, 0.05) is 44.2 Å². The van der Waals surface area contributed by atoms with Crippen molar-refractivity contribution < 1.29 is 0 Å². The molecule has 1 aliphatic rings. The molecule has 2 rings (SSSR count). The average molecular weight is 331 g/mol. The van der Waals surface area contributed by atoms with Crippen LogP contribution in [-0.2, 0) is 6.54 Å². The highest BCUT2D eigenvalue weighted by Crippen LogP contribution is 2.15. The van der Waals surface area contributed by atoms with Gasteiger partial charge in [-0.1, -0.05) is 25.4 Å². The van der Waals surface area contributed by atoms with E-state index in [1.165, 1.54) is 16.2 Å². The standard InChI is InChI=1S/C14H23ClN4OS/c1-11(2)10-19-14(20)13(15)12(9-17-19)16-3-4-18-5-7-21-8-6-18/h9,11,16H,3-8,10H2,1-2H3. The zero-order chi connectivity index (χ0) is 15.2. The van der Waals surface area contributed by atoms with E-state index in [2.05, 4.69) is 15.3 Å². The number of nitrogens with one attached hydrogen (secondary N) is 1. The van der Waals surface area contributed by atoms with E-state index in [0.717, 1.165) is 26.2 Å². The van der Waals surface area contributed by atoms with E-state index in [-0.39, 0.29) is 10.6 Å². The van der Waals surface area contributed by atoms with Crippen molar-refractivity contribution in [3.8, 4) is 0 Å². The summed E-state index contributed by atoms with van der Waals surface area (Å²) < 4.78 is 1.43. The molecule has 1 aromatic heterocycles. The molecule has 2 heterocycles. The van der Waals surface area contributed by atoms with Gasteiger partial charge in [0.15, 0.2) is 0 Å². The second-order valence-electron chi connectivity index (χ2n) is 5.63. The van der Waals surface area contributed by atoms with E-state index >= 15 is 0 Å². The Morgan fingerprint density at radius 1 is 1.43 bits per heavy atom. The number of halogens is 1. The lowest BCUT2D eigenvalue weighted by Crippen LogP contribution is -2.36. The van der Waals surface area contributed by atoms with Gasteiger partial charge in [-0.15, -0.1) is 0 Å². The molecule has 5 nitrogen and oxygen atoms in total. The molecular weight excluding hydrogens is 308 g/mol. The molecule has 0 bridgehead atoms. The second-order valence-corrected chi connectivity index (χ2v) is 7.24. The van der Waals surface area contributed by atoms with Crippen molar-refractivity contribution in [1.29, 1.82) is 0 Å². The van der Waals surface area contributed by atoms with E-state index in [4.69, 9.17) is 11.6 Å². The summed E-state index contributed by atoms with van der Waals surface area (Å²) in [6.07, 6.45) is 1.65. The number of rotatable bonds is 6. The minimum Gasteiger partial charge on any atom is -0.381 e. The number of aromatic nitrogens is 2. The van der Waals surface area contributed by atoms with Crippen LogP contribution >= 0.6 is 23.4 Å². The van der Waals surface area contributed by atoms with Crippen molar-refractivity contribution in [2.75, 3.05) is 43.0 Å². The normalized spacial score (nSPS) is 16.4. The molecular formula is C14H23ClN4OS. The lowest BCUT2D eigenvalue weighted by molar-refractivity contribution is 0.314. The smallest absolute Gasteiger partial charge is 0.287 e. The zero-order valence-electron chi connectivity index (χ0n) is 12.6. The molecule has 0 amide bonds. The molecule has 1 fully saturated rings. The van der Waals surface area contributed by atoms with Crippen LogP contribution in [0.4, 0.5) is 5.69 Å². The molecule has 118 valence electrons. The molecule has 0 spiro atoms. The number of nitrogens with zero attached hydrogens (tertiary/aromatic N) is 3. The highest BCUT2D eigenvalue weighted by molar-refractivity contribution is 7.99. The topological polar surface area (TPSA) is 50.2 Å². The van der Waals surface area contributed by atoms with Crippen molar-refractivity contribution >= 4 is 29.1 Å². The summed E-state index contributed by atoms with van der Waals surface area (Å²) in [6.45, 7) is 8.69. The summed E-state index contributed by atoms with van der Waals surface area (Å²) in [7, 11) is 0. The molecule has 0 aliphatic carbocycles. The number of hydrogen-bond acceptors (Lipinski definition) is 5. The molecule has 21 heavy (non-hydrogen) atoms. The summed E-state index contributed by atoms with van der Waals surface area (Å²) in [6, 6.07) is 0. The van der Waals surface area contributed by atoms with Crippen LogP contribution in [0.3, 0.4) is 0 Å². The third-order valence-corrected chi connectivity index (χ3v) is 4.68. The first-order valence-electron chi connectivity index (χ1n) is 7.37. The van der Waals surface area contributed by atoms with Crippen LogP contribution in [0.5, 0.6) is 0 Å². The molecule has 0 radical (unpaired) electrons. The lowest BCUT2D eigenvalue weighted by Gasteiger charge is -2.26. The maximum Gasteiger partial charge on any atom is 0.287 e. The molecule has 1 aliphatic heterocycles. The van der Waals surface area contributed by atoms with Gasteiger partial charge in [-0.25, -0.2) is 4.68 Å². The number of thioether (sulfide) groups is 1. The van der Waals surface area contributed by atoms with Crippen molar-refractivity contribution in [2.45, 2.75) is 20.4 Å². The third-order valence-electron chi connectivity index (χ3n) is 3.37. The Bertz CT molecular complexity index is 514. The Kier molecular flexibility index (Phi) is 6.39. The van der Waals surface area contributed by atoms with Gasteiger partial charge in [0.1, 0.15) is 5.02 Å². The molecule has 1 saturated heterocycles. The SMILES string of the molecule is CC(C)Cn1ncc(NCCN2CCSCC2)c(Cl)c1=O. The Balaban J connectivity index is 1.91. The van der Waals surface area contributed by atoms with Gasteiger partial charge in [0.2, 0.25) is 0 Å². The summed E-state index contributed by atoms with van der Waals surface area (Å²) in [5.41, 5.74) is 0.415. The fourth-order valence-electron chi connectivity index (χ4n) is 2.24. The fraction of sp³-hybridized carbons (Fsp3) is 0.714. The minimum absolute atomic E-state index is 0.218. The largest absolute Gasteiger partial charge is 0.381 e. The van der Waals surface area contributed by atoms with E-state index in [1.54, 1.807) is 6.20 Å². The highest BCUT2D eigenvalue weighted by atomic mass is 35.5. The molecule has 0 aromatic carbocycles. The summed E-state index contributed by atoms with van der Waals surface area (Å²) in [4.78, 5) is 14.5. The quantitative estimate of drug-likeness (QED) is 0.864. The summed E-state index contributed by atoms with van der Waals surface area (Å²) in [5.74, 6) is 2.77. The predicted molar refractivity (Wildman–Crippen MR) is 90.6 cm³/mol. The molecule has 0 unspecified atom stereocenters. The first kappa shape index (κ1) is 16.6. The molecule has 1 aromatic rings. The fourth-order valence-corrected chi connectivity index (χ4v) is 3.43. The van der Waals surface area contributed by atoms with E-state index < -0.39 is 0 Å². The van der Waals surface area contributed by atoms with Gasteiger partial charge in [0.25, 0.3) is 5.56 Å².